The Bertz CT molecular complexity index is 407. The average Bonchev–Trinajstić information content (AvgIpc) is 2.34. The summed E-state index contributed by atoms with van der Waals surface area (Å²) in [7, 11) is 1.83. The Morgan fingerprint density at radius 2 is 2.06 bits per heavy atom. The van der Waals surface area contributed by atoms with E-state index in [1.54, 1.807) is 4.90 Å². The molecule has 0 unspecified atom stereocenters. The molecule has 1 aromatic carbocycles. The van der Waals surface area contributed by atoms with E-state index in [4.69, 9.17) is 0 Å². The largest absolute Gasteiger partial charge is 0.342 e. The Labute approximate surface area is 118 Å². The molecular formula is C14H21BrN2O. The molecule has 0 bridgehead atoms. The van der Waals surface area contributed by atoms with Gasteiger partial charge < -0.3 is 10.2 Å². The molecular weight excluding hydrogens is 292 g/mol. The molecule has 1 N–H and O–H groups in total. The summed E-state index contributed by atoms with van der Waals surface area (Å²) in [5, 5.41) is 3.25. The van der Waals surface area contributed by atoms with Crippen LogP contribution in [-0.4, -0.2) is 30.4 Å². The monoisotopic (exact) mass is 312 g/mol. The molecule has 1 amide bonds. The zero-order valence-corrected chi connectivity index (χ0v) is 13.0. The topological polar surface area (TPSA) is 32.3 Å². The first kappa shape index (κ1) is 15.2. The maximum absolute atomic E-state index is 11.8. The van der Waals surface area contributed by atoms with Crippen molar-refractivity contribution in [2.24, 2.45) is 0 Å². The van der Waals surface area contributed by atoms with E-state index in [9.17, 15) is 4.79 Å². The number of nitrogens with one attached hydrogen (secondary N) is 1. The van der Waals surface area contributed by atoms with Gasteiger partial charge in [-0.15, -0.1) is 0 Å². The van der Waals surface area contributed by atoms with Gasteiger partial charge >= 0.3 is 0 Å². The molecule has 0 aliphatic rings. The fraction of sp³-hybridized carbons (Fsp3) is 0.500. The van der Waals surface area contributed by atoms with E-state index >= 15 is 0 Å². The van der Waals surface area contributed by atoms with Crippen molar-refractivity contribution in [3.63, 3.8) is 0 Å². The van der Waals surface area contributed by atoms with Crippen molar-refractivity contribution in [3.8, 4) is 0 Å². The second-order valence-corrected chi connectivity index (χ2v) is 5.67. The number of halogens is 1. The summed E-state index contributed by atoms with van der Waals surface area (Å²) >= 11 is 3.45. The molecule has 18 heavy (non-hydrogen) atoms. The molecule has 0 aromatic heterocycles. The van der Waals surface area contributed by atoms with Crippen molar-refractivity contribution >= 4 is 21.8 Å². The third-order valence-electron chi connectivity index (χ3n) is 3.08. The molecule has 100 valence electrons. The molecule has 0 aliphatic heterocycles. The lowest BCUT2D eigenvalue weighted by molar-refractivity contribution is -0.130. The highest BCUT2D eigenvalue weighted by Crippen LogP contribution is 2.17. The lowest BCUT2D eigenvalue weighted by Crippen LogP contribution is -2.40. The van der Waals surface area contributed by atoms with Gasteiger partial charge in [0.1, 0.15) is 0 Å². The van der Waals surface area contributed by atoms with Gasteiger partial charge in [-0.05, 0) is 38.5 Å². The van der Waals surface area contributed by atoms with E-state index in [1.807, 2.05) is 33.0 Å². The summed E-state index contributed by atoms with van der Waals surface area (Å²) in [5.41, 5.74) is 1.17. The van der Waals surface area contributed by atoms with Gasteiger partial charge in [-0.25, -0.2) is 0 Å². The number of carbonyl (C=O) groups excluding carboxylic acids is 1. The number of likely N-dealkylation sites (N-methyl/N-ethyl adjacent to an activating group) is 1. The number of hydrogen-bond acceptors (Lipinski definition) is 2. The first-order chi connectivity index (χ1) is 8.41. The number of carbonyl (C=O) groups is 1. The summed E-state index contributed by atoms with van der Waals surface area (Å²) in [6.45, 7) is 6.44. The Morgan fingerprint density at radius 3 is 2.61 bits per heavy atom. The van der Waals surface area contributed by atoms with Crippen molar-refractivity contribution in [2.75, 3.05) is 13.6 Å². The molecule has 1 atom stereocenters. The van der Waals surface area contributed by atoms with Gasteiger partial charge in [-0.1, -0.05) is 28.1 Å². The van der Waals surface area contributed by atoms with Crippen molar-refractivity contribution in [2.45, 2.75) is 32.9 Å². The van der Waals surface area contributed by atoms with Gasteiger partial charge in [0, 0.05) is 23.6 Å². The molecule has 1 rings (SSSR count). The molecule has 4 heteroatoms. The Hall–Kier alpha value is -0.870. The zero-order valence-electron chi connectivity index (χ0n) is 11.4. The van der Waals surface area contributed by atoms with Crippen LogP contribution in [0.2, 0.25) is 0 Å². The maximum atomic E-state index is 11.8. The lowest BCUT2D eigenvalue weighted by Gasteiger charge is -2.23. The van der Waals surface area contributed by atoms with E-state index < -0.39 is 0 Å². The van der Waals surface area contributed by atoms with Gasteiger partial charge in [-0.2, -0.15) is 0 Å². The minimum Gasteiger partial charge on any atom is -0.342 e. The van der Waals surface area contributed by atoms with Crippen molar-refractivity contribution in [1.82, 2.24) is 10.2 Å². The highest BCUT2D eigenvalue weighted by atomic mass is 79.9. The summed E-state index contributed by atoms with van der Waals surface area (Å²) in [4.78, 5) is 13.6. The minimum atomic E-state index is 0.117. The van der Waals surface area contributed by atoms with Crippen LogP contribution in [-0.2, 0) is 4.79 Å². The second-order valence-electron chi connectivity index (χ2n) is 4.76. The molecule has 0 fully saturated rings. The maximum Gasteiger partial charge on any atom is 0.236 e. The van der Waals surface area contributed by atoms with Crippen LogP contribution in [0.5, 0.6) is 0 Å². The van der Waals surface area contributed by atoms with Gasteiger partial charge in [0.05, 0.1) is 6.54 Å². The number of benzene rings is 1. The zero-order chi connectivity index (χ0) is 13.7. The van der Waals surface area contributed by atoms with E-state index in [0.717, 1.165) is 4.47 Å². The lowest BCUT2D eigenvalue weighted by atomic mass is 10.1. The van der Waals surface area contributed by atoms with E-state index in [1.165, 1.54) is 5.56 Å². The van der Waals surface area contributed by atoms with E-state index in [2.05, 4.69) is 40.3 Å². The molecule has 0 saturated carbocycles. The van der Waals surface area contributed by atoms with Gasteiger partial charge in [-0.3, -0.25) is 4.79 Å². The molecule has 0 heterocycles. The van der Waals surface area contributed by atoms with Gasteiger partial charge in [0.2, 0.25) is 5.91 Å². The Balaban J connectivity index is 2.51. The Kier molecular flexibility index (Phi) is 5.82. The summed E-state index contributed by atoms with van der Waals surface area (Å²) < 4.78 is 1.05. The van der Waals surface area contributed by atoms with Gasteiger partial charge in [0.25, 0.3) is 0 Å². The molecule has 3 nitrogen and oxygen atoms in total. The van der Waals surface area contributed by atoms with Crippen LogP contribution in [0.4, 0.5) is 0 Å². The van der Waals surface area contributed by atoms with Crippen molar-refractivity contribution in [3.05, 3.63) is 34.3 Å². The fourth-order valence-electron chi connectivity index (χ4n) is 1.55. The molecule has 1 aromatic rings. The number of hydrogen-bond donors (Lipinski definition) is 1. The highest BCUT2D eigenvalue weighted by molar-refractivity contribution is 9.10. The SMILES string of the molecule is CC(C)N(C)C(=O)CN[C@H](C)c1cccc(Br)c1. The quantitative estimate of drug-likeness (QED) is 0.906. The first-order valence-electron chi connectivity index (χ1n) is 6.16. The standard InChI is InChI=1S/C14H21BrN2O/c1-10(2)17(4)14(18)9-16-11(3)12-6-5-7-13(15)8-12/h5-8,10-11,16H,9H2,1-4H3/t11-/m1/s1. The smallest absolute Gasteiger partial charge is 0.236 e. The third-order valence-corrected chi connectivity index (χ3v) is 3.57. The normalized spacial score (nSPS) is 12.6. The van der Waals surface area contributed by atoms with E-state index in [-0.39, 0.29) is 18.0 Å². The summed E-state index contributed by atoms with van der Waals surface area (Å²) in [6, 6.07) is 8.51. The summed E-state index contributed by atoms with van der Waals surface area (Å²) in [5.74, 6) is 0.117. The predicted molar refractivity (Wildman–Crippen MR) is 78.5 cm³/mol. The molecule has 0 aliphatic carbocycles. The predicted octanol–water partition coefficient (Wildman–Crippen LogP) is 2.97. The van der Waals surface area contributed by atoms with Gasteiger partial charge in [0.15, 0.2) is 0 Å². The molecule has 0 radical (unpaired) electrons. The van der Waals surface area contributed by atoms with E-state index in [0.29, 0.717) is 6.54 Å². The van der Waals surface area contributed by atoms with Crippen LogP contribution in [0.15, 0.2) is 28.7 Å². The molecule has 0 spiro atoms. The average molecular weight is 313 g/mol. The van der Waals surface area contributed by atoms with Crippen LogP contribution >= 0.6 is 15.9 Å². The van der Waals surface area contributed by atoms with Crippen molar-refractivity contribution < 1.29 is 4.79 Å². The highest BCUT2D eigenvalue weighted by Gasteiger charge is 2.13. The second kappa shape index (κ2) is 6.90. The number of amides is 1. The number of nitrogens with zero attached hydrogens (tertiary/aromatic N) is 1. The fourth-order valence-corrected chi connectivity index (χ4v) is 1.96. The van der Waals surface area contributed by atoms with Crippen LogP contribution in [0.25, 0.3) is 0 Å². The van der Waals surface area contributed by atoms with Crippen LogP contribution in [0.1, 0.15) is 32.4 Å². The minimum absolute atomic E-state index is 0.117. The number of rotatable bonds is 5. The van der Waals surface area contributed by atoms with Crippen LogP contribution in [0.3, 0.4) is 0 Å². The third kappa shape index (κ3) is 4.42. The van der Waals surface area contributed by atoms with Crippen LogP contribution < -0.4 is 5.32 Å². The molecule has 0 saturated heterocycles. The van der Waals surface area contributed by atoms with Crippen molar-refractivity contribution in [1.29, 1.82) is 0 Å². The van der Waals surface area contributed by atoms with Crippen LogP contribution in [0, 0.1) is 0 Å². The summed E-state index contributed by atoms with van der Waals surface area (Å²) in [6.07, 6.45) is 0. The Morgan fingerprint density at radius 1 is 1.39 bits per heavy atom. The first-order valence-corrected chi connectivity index (χ1v) is 6.95.